The Morgan fingerprint density at radius 3 is 2.10 bits per heavy atom. The molecule has 0 aromatic heterocycles. The van der Waals surface area contributed by atoms with Gasteiger partial charge in [-0.1, -0.05) is 6.92 Å². The molecule has 1 amide bonds. The van der Waals surface area contributed by atoms with Gasteiger partial charge in [0.25, 0.3) is 0 Å². The molecule has 1 aliphatic heterocycles. The maximum absolute atomic E-state index is 12.8. The lowest BCUT2D eigenvalue weighted by atomic mass is 9.85. The molecule has 0 aromatic carbocycles. The molecule has 20 heavy (non-hydrogen) atoms. The van der Waals surface area contributed by atoms with Gasteiger partial charge in [-0.25, -0.2) is 0 Å². The van der Waals surface area contributed by atoms with Gasteiger partial charge in [-0.05, 0) is 13.5 Å². The van der Waals surface area contributed by atoms with Crippen molar-refractivity contribution >= 4 is 5.91 Å². The number of hydrogen-bond acceptors (Lipinski definition) is 2. The Kier molecular flexibility index (Phi) is 4.62. The second-order valence-electron chi connectivity index (χ2n) is 5.05. The first kappa shape index (κ1) is 17.1. The third-order valence-corrected chi connectivity index (χ3v) is 3.60. The Labute approximate surface area is 112 Å². The first-order chi connectivity index (χ1) is 8.96. The minimum absolute atomic E-state index is 0.195. The minimum atomic E-state index is -5.42. The van der Waals surface area contributed by atoms with Crippen LogP contribution in [0.15, 0.2) is 0 Å². The molecule has 1 rings (SSSR count). The number of likely N-dealkylation sites (tertiary alicyclic amines) is 1. The van der Waals surface area contributed by atoms with Crippen LogP contribution < -0.4 is 5.32 Å². The third kappa shape index (κ3) is 2.87. The van der Waals surface area contributed by atoms with Crippen molar-refractivity contribution in [2.24, 2.45) is 11.3 Å². The number of hydrogen-bond donors (Lipinski definition) is 1. The number of halogens is 6. The van der Waals surface area contributed by atoms with E-state index in [0.29, 0.717) is 4.90 Å². The summed E-state index contributed by atoms with van der Waals surface area (Å²) in [4.78, 5) is 12.5. The van der Waals surface area contributed by atoms with Crippen molar-refractivity contribution in [2.45, 2.75) is 25.7 Å². The van der Waals surface area contributed by atoms with Gasteiger partial charge in [0.2, 0.25) is 5.91 Å². The van der Waals surface area contributed by atoms with Crippen LogP contribution in [0, 0.1) is 11.3 Å². The highest BCUT2D eigenvalue weighted by atomic mass is 19.4. The molecule has 0 aliphatic carbocycles. The predicted molar refractivity (Wildman–Crippen MR) is 58.8 cm³/mol. The second kappa shape index (κ2) is 5.42. The Morgan fingerprint density at radius 1 is 1.25 bits per heavy atom. The summed E-state index contributed by atoms with van der Waals surface area (Å²) >= 11 is 0. The number of amides is 1. The van der Waals surface area contributed by atoms with Gasteiger partial charge in [0.05, 0.1) is 0 Å². The zero-order chi connectivity index (χ0) is 15.8. The molecule has 1 heterocycles. The van der Waals surface area contributed by atoms with E-state index in [2.05, 4.69) is 5.32 Å². The Hall–Kier alpha value is -0.990. The molecular weight excluding hydrogens is 290 g/mol. The zero-order valence-electron chi connectivity index (χ0n) is 11.0. The van der Waals surface area contributed by atoms with Gasteiger partial charge in [0.15, 0.2) is 5.41 Å². The van der Waals surface area contributed by atoms with Gasteiger partial charge in [0.1, 0.15) is 0 Å². The maximum atomic E-state index is 12.8. The van der Waals surface area contributed by atoms with Crippen molar-refractivity contribution in [3.8, 4) is 0 Å². The van der Waals surface area contributed by atoms with Gasteiger partial charge in [-0.3, -0.25) is 4.79 Å². The van der Waals surface area contributed by atoms with Crippen LogP contribution in [0.5, 0.6) is 0 Å². The summed E-state index contributed by atoms with van der Waals surface area (Å²) in [7, 11) is 1.55. The van der Waals surface area contributed by atoms with E-state index >= 15 is 0 Å². The molecule has 1 atom stereocenters. The lowest BCUT2D eigenvalue weighted by Gasteiger charge is -2.33. The summed E-state index contributed by atoms with van der Waals surface area (Å²) in [5.41, 5.74) is -3.81. The summed E-state index contributed by atoms with van der Waals surface area (Å²) in [6.07, 6.45) is -12.0. The molecular formula is C11H16F6N2O. The normalized spacial score (nSPS) is 21.1. The van der Waals surface area contributed by atoms with Crippen molar-refractivity contribution in [1.82, 2.24) is 10.2 Å². The van der Waals surface area contributed by atoms with Crippen molar-refractivity contribution in [2.75, 3.05) is 26.7 Å². The van der Waals surface area contributed by atoms with E-state index in [4.69, 9.17) is 0 Å². The van der Waals surface area contributed by atoms with E-state index in [1.807, 2.05) is 0 Å². The van der Waals surface area contributed by atoms with Crippen molar-refractivity contribution in [1.29, 1.82) is 0 Å². The second-order valence-corrected chi connectivity index (χ2v) is 5.05. The number of rotatable bonds is 3. The number of nitrogens with one attached hydrogen (secondary N) is 1. The Bertz CT molecular complexity index is 351. The molecule has 3 nitrogen and oxygen atoms in total. The molecule has 1 N–H and O–H groups in total. The smallest absolute Gasteiger partial charge is 0.341 e. The highest BCUT2D eigenvalue weighted by molar-refractivity contribution is 5.79. The molecule has 0 spiro atoms. The van der Waals surface area contributed by atoms with Gasteiger partial charge in [0, 0.05) is 25.6 Å². The molecule has 0 saturated carbocycles. The summed E-state index contributed by atoms with van der Waals surface area (Å²) in [5, 5.41) is 2.66. The van der Waals surface area contributed by atoms with Crippen LogP contribution >= 0.6 is 0 Å². The standard InChI is InChI=1S/C11H16F6N2O/c1-7(5-18-2)8(20)19-4-3-9(6-19,10(12,13)14)11(15,16)17/h7,18H,3-6H2,1-2H3. The molecule has 0 radical (unpaired) electrons. The van der Waals surface area contributed by atoms with Gasteiger partial charge < -0.3 is 10.2 Å². The topological polar surface area (TPSA) is 32.3 Å². The zero-order valence-corrected chi connectivity index (χ0v) is 11.0. The van der Waals surface area contributed by atoms with Gasteiger partial charge >= 0.3 is 12.4 Å². The number of carbonyl (C=O) groups is 1. The van der Waals surface area contributed by atoms with E-state index in [-0.39, 0.29) is 6.54 Å². The monoisotopic (exact) mass is 306 g/mol. The number of nitrogens with zero attached hydrogens (tertiary/aromatic N) is 1. The molecule has 1 fully saturated rings. The van der Waals surface area contributed by atoms with E-state index in [1.54, 1.807) is 7.05 Å². The molecule has 1 saturated heterocycles. The average Bonchev–Trinajstić information content (AvgIpc) is 2.72. The van der Waals surface area contributed by atoms with Gasteiger partial charge in [-0.15, -0.1) is 0 Å². The number of alkyl halides is 6. The van der Waals surface area contributed by atoms with Crippen LogP contribution in [-0.2, 0) is 4.79 Å². The third-order valence-electron chi connectivity index (χ3n) is 3.60. The summed E-state index contributed by atoms with van der Waals surface area (Å²) in [6.45, 7) is -0.237. The fourth-order valence-electron chi connectivity index (χ4n) is 2.33. The minimum Gasteiger partial charge on any atom is -0.341 e. The summed E-state index contributed by atoms with van der Waals surface area (Å²) in [5.74, 6) is -1.37. The molecule has 0 bridgehead atoms. The highest BCUT2D eigenvalue weighted by Crippen LogP contribution is 2.55. The number of carbonyl (C=O) groups excluding carboxylic acids is 1. The van der Waals surface area contributed by atoms with Crippen LogP contribution in [0.3, 0.4) is 0 Å². The fourth-order valence-corrected chi connectivity index (χ4v) is 2.33. The SMILES string of the molecule is CNCC(C)C(=O)N1CCC(C(F)(F)F)(C(F)(F)F)C1. The highest BCUT2D eigenvalue weighted by Gasteiger charge is 2.72. The molecule has 1 unspecified atom stereocenters. The predicted octanol–water partition coefficient (Wildman–Crippen LogP) is 2.19. The maximum Gasteiger partial charge on any atom is 0.404 e. The lowest BCUT2D eigenvalue weighted by molar-refractivity contribution is -0.334. The summed E-state index contributed by atoms with van der Waals surface area (Å²) < 4.78 is 77.0. The van der Waals surface area contributed by atoms with E-state index in [9.17, 15) is 31.1 Å². The van der Waals surface area contributed by atoms with Crippen molar-refractivity contribution in [3.05, 3.63) is 0 Å². The summed E-state index contributed by atoms with van der Waals surface area (Å²) in [6, 6.07) is 0. The van der Waals surface area contributed by atoms with E-state index in [1.165, 1.54) is 6.92 Å². The van der Waals surface area contributed by atoms with E-state index in [0.717, 1.165) is 0 Å². The van der Waals surface area contributed by atoms with Crippen LogP contribution in [0.25, 0.3) is 0 Å². The molecule has 1 aliphatic rings. The lowest BCUT2D eigenvalue weighted by Crippen LogP contribution is -2.52. The quantitative estimate of drug-likeness (QED) is 0.811. The van der Waals surface area contributed by atoms with E-state index < -0.39 is 49.1 Å². The van der Waals surface area contributed by atoms with Crippen molar-refractivity contribution < 1.29 is 31.1 Å². The largest absolute Gasteiger partial charge is 0.404 e. The Morgan fingerprint density at radius 2 is 1.75 bits per heavy atom. The first-order valence-electron chi connectivity index (χ1n) is 6.03. The van der Waals surface area contributed by atoms with Crippen molar-refractivity contribution in [3.63, 3.8) is 0 Å². The van der Waals surface area contributed by atoms with Gasteiger partial charge in [-0.2, -0.15) is 26.3 Å². The van der Waals surface area contributed by atoms with Crippen LogP contribution in [0.2, 0.25) is 0 Å². The first-order valence-corrected chi connectivity index (χ1v) is 6.03. The molecule has 0 aromatic rings. The van der Waals surface area contributed by atoms with Crippen LogP contribution in [0.4, 0.5) is 26.3 Å². The Balaban J connectivity index is 2.95. The van der Waals surface area contributed by atoms with Crippen LogP contribution in [0.1, 0.15) is 13.3 Å². The molecule has 118 valence electrons. The molecule has 9 heteroatoms. The average molecular weight is 306 g/mol. The fraction of sp³-hybridized carbons (Fsp3) is 0.909. The van der Waals surface area contributed by atoms with Crippen LogP contribution in [-0.4, -0.2) is 49.8 Å².